The Morgan fingerprint density at radius 1 is 0.917 bits per heavy atom. The molecule has 0 spiro atoms. The van der Waals surface area contributed by atoms with Crippen LogP contribution in [-0.2, 0) is 29.7 Å². The molecule has 3 N–H and O–H groups in total. The van der Waals surface area contributed by atoms with Gasteiger partial charge >= 0.3 is 18.4 Å². The van der Waals surface area contributed by atoms with E-state index in [9.17, 15) is 28.2 Å². The zero-order valence-electron chi connectivity index (χ0n) is 25.5. The van der Waals surface area contributed by atoms with E-state index in [0.717, 1.165) is 0 Å². The minimum atomic E-state index is -5.13. The molecule has 258 valence electrons. The van der Waals surface area contributed by atoms with Gasteiger partial charge in [-0.3, -0.25) is 5.32 Å². The molecule has 0 aliphatic rings. The number of unbranched alkanes of at least 4 members (excludes halogenated alkanes) is 2. The minimum absolute atomic E-state index is 0.0411. The van der Waals surface area contributed by atoms with Crippen molar-refractivity contribution in [3.8, 4) is 17.5 Å². The summed E-state index contributed by atoms with van der Waals surface area (Å²) >= 11 is 0. The third-order valence-electron chi connectivity index (χ3n) is 7.16. The van der Waals surface area contributed by atoms with Gasteiger partial charge in [-0.2, -0.15) is 26.3 Å². The number of hydrogen-bond acceptors (Lipinski definition) is 8. The van der Waals surface area contributed by atoms with Gasteiger partial charge in [0.2, 0.25) is 11.5 Å². The number of hydrogen-bond donors (Lipinski definition) is 3. The Morgan fingerprint density at radius 3 is 2.10 bits per heavy atom. The SMILES string of the molecule is CC(O)CCCCC[C@@](OCc1ccccc1)(c1nnc(-c2nc(OCc3ccccc3)c(C(F)(F)F)cc2NC(=O)O)o1)C(F)(F)F. The van der Waals surface area contributed by atoms with Gasteiger partial charge in [-0.15, -0.1) is 10.2 Å². The Morgan fingerprint density at radius 2 is 1.54 bits per heavy atom. The van der Waals surface area contributed by atoms with Crippen LogP contribution in [0, 0.1) is 0 Å². The normalized spacial score (nSPS) is 13.9. The summed E-state index contributed by atoms with van der Waals surface area (Å²) in [5.41, 5.74) is -5.25. The van der Waals surface area contributed by atoms with Crippen LogP contribution in [-0.4, -0.2) is 43.8 Å². The first-order valence-electron chi connectivity index (χ1n) is 14.8. The Labute approximate surface area is 270 Å². The van der Waals surface area contributed by atoms with E-state index in [1.807, 2.05) is 0 Å². The molecule has 0 saturated heterocycles. The van der Waals surface area contributed by atoms with Gasteiger partial charge in [-0.1, -0.05) is 73.5 Å². The van der Waals surface area contributed by atoms with Gasteiger partial charge in [0, 0.05) is 0 Å². The Bertz CT molecular complexity index is 1630. The van der Waals surface area contributed by atoms with Gasteiger partial charge in [0.05, 0.1) is 18.4 Å². The van der Waals surface area contributed by atoms with Gasteiger partial charge < -0.3 is 24.1 Å². The number of rotatable bonds is 15. The zero-order chi connectivity index (χ0) is 35.0. The molecule has 1 unspecified atom stereocenters. The smallest absolute Gasteiger partial charge is 0.426 e. The van der Waals surface area contributed by atoms with Crippen LogP contribution in [0.3, 0.4) is 0 Å². The first-order chi connectivity index (χ1) is 22.7. The molecule has 2 heterocycles. The summed E-state index contributed by atoms with van der Waals surface area (Å²) in [6, 6.07) is 16.5. The Balaban J connectivity index is 1.79. The highest BCUT2D eigenvalue weighted by Gasteiger charge is 2.61. The van der Waals surface area contributed by atoms with Crippen LogP contribution in [0.4, 0.5) is 36.8 Å². The highest BCUT2D eigenvalue weighted by atomic mass is 19.4. The van der Waals surface area contributed by atoms with Crippen molar-refractivity contribution in [2.75, 3.05) is 5.32 Å². The molecule has 2 aromatic heterocycles. The fourth-order valence-corrected chi connectivity index (χ4v) is 4.75. The maximum Gasteiger partial charge on any atom is 0.426 e. The number of aliphatic hydroxyl groups excluding tert-OH is 1. The molecule has 4 aromatic rings. The lowest BCUT2D eigenvalue weighted by Crippen LogP contribution is -2.45. The molecule has 0 radical (unpaired) electrons. The summed E-state index contributed by atoms with van der Waals surface area (Å²) in [6.07, 6.45) is -12.3. The van der Waals surface area contributed by atoms with Gasteiger partial charge in [0.15, 0.2) is 5.69 Å². The fraction of sp³-hybridized carbons (Fsp3) is 0.375. The van der Waals surface area contributed by atoms with Crippen LogP contribution < -0.4 is 10.1 Å². The molecule has 4 rings (SSSR count). The van der Waals surface area contributed by atoms with Crippen molar-refractivity contribution in [3.05, 3.63) is 89.3 Å². The molecule has 0 saturated carbocycles. The molecular formula is C32H32F6N4O6. The van der Waals surface area contributed by atoms with Crippen molar-refractivity contribution >= 4 is 11.8 Å². The molecule has 0 aliphatic carbocycles. The van der Waals surface area contributed by atoms with Gasteiger partial charge in [0.25, 0.3) is 11.8 Å². The predicted octanol–water partition coefficient (Wildman–Crippen LogP) is 8.13. The molecule has 0 bridgehead atoms. The first-order valence-corrected chi connectivity index (χ1v) is 14.8. The maximum atomic E-state index is 15.0. The molecule has 1 amide bonds. The van der Waals surface area contributed by atoms with Crippen molar-refractivity contribution in [1.82, 2.24) is 15.2 Å². The first kappa shape index (κ1) is 36.1. The summed E-state index contributed by atoms with van der Waals surface area (Å²) < 4.78 is 104. The number of amides is 1. The summed E-state index contributed by atoms with van der Waals surface area (Å²) in [5, 5.41) is 27.9. The number of aromatic nitrogens is 3. The molecule has 16 heteroatoms. The lowest BCUT2D eigenvalue weighted by molar-refractivity contribution is -0.300. The maximum absolute atomic E-state index is 15.0. The number of halogens is 6. The van der Waals surface area contributed by atoms with Crippen molar-refractivity contribution < 1.29 is 55.2 Å². The van der Waals surface area contributed by atoms with Crippen LogP contribution in [0.5, 0.6) is 5.88 Å². The topological polar surface area (TPSA) is 140 Å². The lowest BCUT2D eigenvalue weighted by Gasteiger charge is -2.32. The van der Waals surface area contributed by atoms with Crippen LogP contribution in [0.25, 0.3) is 11.6 Å². The summed E-state index contributed by atoms with van der Waals surface area (Å²) in [5.74, 6) is -2.89. The number of anilines is 1. The Kier molecular flexibility index (Phi) is 11.6. The molecule has 2 atom stereocenters. The second-order valence-electron chi connectivity index (χ2n) is 10.9. The van der Waals surface area contributed by atoms with E-state index in [1.54, 1.807) is 72.9 Å². The number of carbonyl (C=O) groups is 1. The second-order valence-corrected chi connectivity index (χ2v) is 10.9. The summed E-state index contributed by atoms with van der Waals surface area (Å²) in [4.78, 5) is 15.4. The van der Waals surface area contributed by atoms with Gasteiger partial charge in [-0.25, -0.2) is 9.78 Å². The molecule has 10 nitrogen and oxygen atoms in total. The number of nitrogens with one attached hydrogen (secondary N) is 1. The van der Waals surface area contributed by atoms with E-state index < -0.39 is 77.8 Å². The van der Waals surface area contributed by atoms with Crippen molar-refractivity contribution in [2.24, 2.45) is 0 Å². The number of ether oxygens (including phenoxy) is 2. The van der Waals surface area contributed by atoms with Gasteiger partial charge in [-0.05, 0) is 43.4 Å². The van der Waals surface area contributed by atoms with E-state index in [1.165, 1.54) is 0 Å². The van der Waals surface area contributed by atoms with Crippen molar-refractivity contribution in [3.63, 3.8) is 0 Å². The van der Waals surface area contributed by atoms with Crippen LogP contribution in [0.15, 0.2) is 71.1 Å². The number of carboxylic acid groups (broad SMARTS) is 1. The molecule has 0 aliphatic heterocycles. The third-order valence-corrected chi connectivity index (χ3v) is 7.16. The third kappa shape index (κ3) is 9.22. The second kappa shape index (κ2) is 15.5. The number of pyridine rings is 1. The number of benzene rings is 2. The summed E-state index contributed by atoms with van der Waals surface area (Å²) in [7, 11) is 0. The Hall–Kier alpha value is -4.70. The van der Waals surface area contributed by atoms with Crippen LogP contribution in [0.2, 0.25) is 0 Å². The zero-order valence-corrected chi connectivity index (χ0v) is 25.5. The predicted molar refractivity (Wildman–Crippen MR) is 159 cm³/mol. The van der Waals surface area contributed by atoms with E-state index in [2.05, 4.69) is 15.2 Å². The van der Waals surface area contributed by atoms with Gasteiger partial charge in [0.1, 0.15) is 12.2 Å². The van der Waals surface area contributed by atoms with E-state index in [4.69, 9.17) is 13.9 Å². The van der Waals surface area contributed by atoms with Crippen LogP contribution >= 0.6 is 0 Å². The summed E-state index contributed by atoms with van der Waals surface area (Å²) in [6.45, 7) is 0.661. The average molecular weight is 683 g/mol. The van der Waals surface area contributed by atoms with Crippen LogP contribution in [0.1, 0.15) is 61.6 Å². The van der Waals surface area contributed by atoms with Crippen molar-refractivity contribution in [2.45, 2.75) is 76.3 Å². The molecule has 2 aromatic carbocycles. The number of nitrogens with zero attached hydrogens (tertiary/aromatic N) is 3. The lowest BCUT2D eigenvalue weighted by atomic mass is 9.94. The highest BCUT2D eigenvalue weighted by molar-refractivity contribution is 5.88. The quantitative estimate of drug-likeness (QED) is 0.0838. The van der Waals surface area contributed by atoms with E-state index in [0.29, 0.717) is 30.0 Å². The van der Waals surface area contributed by atoms with E-state index >= 15 is 13.2 Å². The number of aliphatic hydroxyl groups is 1. The molecular weight excluding hydrogens is 650 g/mol. The fourth-order valence-electron chi connectivity index (χ4n) is 4.75. The molecule has 0 fully saturated rings. The van der Waals surface area contributed by atoms with E-state index in [-0.39, 0.29) is 19.4 Å². The minimum Gasteiger partial charge on any atom is -0.472 e. The number of alkyl halides is 6. The molecule has 48 heavy (non-hydrogen) atoms. The van der Waals surface area contributed by atoms with Crippen molar-refractivity contribution in [1.29, 1.82) is 0 Å². The monoisotopic (exact) mass is 682 g/mol. The standard InChI is InChI=1S/C32H32F6N4O6/c1-20(43)11-5-4-10-16-30(32(36,37)38,47-19-22-14-8-3-9-15-22)28-42-41-27(48-28)25-24(39-29(44)45)17-23(31(33,34)35)26(40-25)46-18-21-12-6-2-7-13-21/h2-3,6-9,12-15,17,20,39,43H,4-5,10-11,16,18-19H2,1H3,(H,44,45)/t20?,30-/m1/s1. The highest BCUT2D eigenvalue weighted by Crippen LogP contribution is 2.47. The average Bonchev–Trinajstić information content (AvgIpc) is 3.51. The largest absolute Gasteiger partial charge is 0.472 e.